The molecule has 2 N–H and O–H groups in total. The predicted molar refractivity (Wildman–Crippen MR) is 76.5 cm³/mol. The molecule has 0 aliphatic carbocycles. The number of sulfonamides is 1. The molecule has 0 bridgehead atoms. The van der Waals surface area contributed by atoms with Crippen LogP contribution < -0.4 is 10.0 Å². The fraction of sp³-hybridized carbons (Fsp3) is 0.571. The third-order valence-electron chi connectivity index (χ3n) is 3.82. The second kappa shape index (κ2) is 6.03. The molecule has 2 unspecified atom stereocenters. The van der Waals surface area contributed by atoms with E-state index in [0.717, 1.165) is 25.1 Å². The molecule has 2 atom stereocenters. The monoisotopic (exact) mass is 282 g/mol. The van der Waals surface area contributed by atoms with E-state index in [9.17, 15) is 8.42 Å². The van der Waals surface area contributed by atoms with Gasteiger partial charge in [-0.3, -0.25) is 0 Å². The Morgan fingerprint density at radius 1 is 1.42 bits per heavy atom. The van der Waals surface area contributed by atoms with Crippen LogP contribution in [-0.2, 0) is 10.0 Å². The molecule has 19 heavy (non-hydrogen) atoms. The number of aryl methyl sites for hydroxylation is 1. The molecule has 4 nitrogen and oxygen atoms in total. The Morgan fingerprint density at radius 2 is 2.21 bits per heavy atom. The summed E-state index contributed by atoms with van der Waals surface area (Å²) in [4.78, 5) is 0.351. The van der Waals surface area contributed by atoms with Gasteiger partial charge in [-0.2, -0.15) is 0 Å². The van der Waals surface area contributed by atoms with E-state index in [-0.39, 0.29) is 0 Å². The lowest BCUT2D eigenvalue weighted by molar-refractivity contribution is 0.275. The van der Waals surface area contributed by atoms with Gasteiger partial charge in [0.15, 0.2) is 0 Å². The SMILES string of the molecule is Cc1cccc(S(=O)(=O)NCC2CNCCC2C)c1. The van der Waals surface area contributed by atoms with E-state index in [1.54, 1.807) is 18.2 Å². The van der Waals surface area contributed by atoms with E-state index < -0.39 is 10.0 Å². The van der Waals surface area contributed by atoms with E-state index in [2.05, 4.69) is 17.0 Å². The van der Waals surface area contributed by atoms with Crippen molar-refractivity contribution in [1.82, 2.24) is 10.0 Å². The quantitative estimate of drug-likeness (QED) is 0.880. The van der Waals surface area contributed by atoms with Crippen molar-refractivity contribution in [3.63, 3.8) is 0 Å². The first kappa shape index (κ1) is 14.5. The average molecular weight is 282 g/mol. The van der Waals surface area contributed by atoms with E-state index in [1.807, 2.05) is 13.0 Å². The van der Waals surface area contributed by atoms with Crippen LogP contribution in [0, 0.1) is 18.8 Å². The van der Waals surface area contributed by atoms with Crippen molar-refractivity contribution in [3.8, 4) is 0 Å². The summed E-state index contributed by atoms with van der Waals surface area (Å²) < 4.78 is 27.1. The van der Waals surface area contributed by atoms with Crippen LogP contribution in [0.25, 0.3) is 0 Å². The molecular formula is C14H22N2O2S. The minimum absolute atomic E-state index is 0.351. The van der Waals surface area contributed by atoms with Crippen LogP contribution in [0.3, 0.4) is 0 Å². The van der Waals surface area contributed by atoms with E-state index in [4.69, 9.17) is 0 Å². The molecule has 1 fully saturated rings. The zero-order chi connectivity index (χ0) is 13.9. The topological polar surface area (TPSA) is 58.2 Å². The molecule has 1 aromatic rings. The Kier molecular flexibility index (Phi) is 4.60. The van der Waals surface area contributed by atoms with Gasteiger partial charge in [0.05, 0.1) is 4.90 Å². The van der Waals surface area contributed by atoms with Crippen LogP contribution in [0.4, 0.5) is 0 Å². The van der Waals surface area contributed by atoms with Crippen LogP contribution in [-0.4, -0.2) is 28.1 Å². The van der Waals surface area contributed by atoms with Gasteiger partial charge in [0, 0.05) is 6.54 Å². The van der Waals surface area contributed by atoms with Crippen LogP contribution in [0.5, 0.6) is 0 Å². The van der Waals surface area contributed by atoms with Gasteiger partial charge in [-0.15, -0.1) is 0 Å². The molecule has 1 saturated heterocycles. The summed E-state index contributed by atoms with van der Waals surface area (Å²) in [6.07, 6.45) is 1.11. The Hall–Kier alpha value is -0.910. The molecule has 0 amide bonds. The summed E-state index contributed by atoms with van der Waals surface area (Å²) >= 11 is 0. The third kappa shape index (κ3) is 3.78. The molecule has 2 rings (SSSR count). The van der Waals surface area contributed by atoms with Crippen LogP contribution in [0.2, 0.25) is 0 Å². The van der Waals surface area contributed by atoms with Gasteiger partial charge in [-0.1, -0.05) is 19.1 Å². The maximum Gasteiger partial charge on any atom is 0.240 e. The van der Waals surface area contributed by atoms with Crippen molar-refractivity contribution < 1.29 is 8.42 Å². The third-order valence-corrected chi connectivity index (χ3v) is 5.24. The summed E-state index contributed by atoms with van der Waals surface area (Å²) in [5.41, 5.74) is 0.954. The highest BCUT2D eigenvalue weighted by Crippen LogP contribution is 2.18. The number of rotatable bonds is 4. The second-order valence-corrected chi connectivity index (χ2v) is 7.17. The Bertz CT molecular complexity index is 528. The number of benzene rings is 1. The molecular weight excluding hydrogens is 260 g/mol. The maximum absolute atomic E-state index is 12.2. The summed E-state index contributed by atoms with van der Waals surface area (Å²) in [5, 5.41) is 3.32. The van der Waals surface area contributed by atoms with Crippen molar-refractivity contribution in [3.05, 3.63) is 29.8 Å². The second-order valence-electron chi connectivity index (χ2n) is 5.40. The maximum atomic E-state index is 12.2. The Morgan fingerprint density at radius 3 is 2.89 bits per heavy atom. The summed E-state index contributed by atoms with van der Waals surface area (Å²) in [5.74, 6) is 0.926. The first-order valence-corrected chi connectivity index (χ1v) is 8.24. The number of hydrogen-bond acceptors (Lipinski definition) is 3. The largest absolute Gasteiger partial charge is 0.316 e. The van der Waals surface area contributed by atoms with Gasteiger partial charge in [0.25, 0.3) is 0 Å². The molecule has 106 valence electrons. The number of piperidine rings is 1. The Balaban J connectivity index is 2.01. The first-order valence-electron chi connectivity index (χ1n) is 6.76. The number of hydrogen-bond donors (Lipinski definition) is 2. The molecule has 5 heteroatoms. The van der Waals surface area contributed by atoms with Gasteiger partial charge in [0.2, 0.25) is 10.0 Å². The van der Waals surface area contributed by atoms with Crippen molar-refractivity contribution in [2.45, 2.75) is 25.2 Å². The molecule has 0 saturated carbocycles. The lowest BCUT2D eigenvalue weighted by Crippen LogP contribution is -2.42. The first-order chi connectivity index (χ1) is 8.99. The zero-order valence-electron chi connectivity index (χ0n) is 11.5. The fourth-order valence-electron chi connectivity index (χ4n) is 2.41. The zero-order valence-corrected chi connectivity index (χ0v) is 12.3. The normalized spacial score (nSPS) is 24.3. The van der Waals surface area contributed by atoms with Gasteiger partial charge in [0.1, 0.15) is 0 Å². The minimum atomic E-state index is -3.38. The van der Waals surface area contributed by atoms with Crippen molar-refractivity contribution >= 4 is 10.0 Å². The highest BCUT2D eigenvalue weighted by atomic mass is 32.2. The highest BCUT2D eigenvalue weighted by molar-refractivity contribution is 7.89. The van der Waals surface area contributed by atoms with E-state index in [1.165, 1.54) is 0 Å². The summed E-state index contributed by atoms with van der Waals surface area (Å²) in [6.45, 7) is 6.50. The molecule has 1 aliphatic rings. The van der Waals surface area contributed by atoms with Crippen molar-refractivity contribution in [2.24, 2.45) is 11.8 Å². The highest BCUT2D eigenvalue weighted by Gasteiger charge is 2.23. The van der Waals surface area contributed by atoms with Crippen molar-refractivity contribution in [1.29, 1.82) is 0 Å². The standard InChI is InChI=1S/C14H22N2O2S/c1-11-4-3-5-14(8-11)19(17,18)16-10-13-9-15-7-6-12(13)2/h3-5,8,12-13,15-16H,6-7,9-10H2,1-2H3. The van der Waals surface area contributed by atoms with Crippen molar-refractivity contribution in [2.75, 3.05) is 19.6 Å². The van der Waals surface area contributed by atoms with Gasteiger partial charge >= 0.3 is 0 Å². The van der Waals surface area contributed by atoms with Crippen LogP contribution in [0.15, 0.2) is 29.2 Å². The smallest absolute Gasteiger partial charge is 0.240 e. The molecule has 1 heterocycles. The number of nitrogens with one attached hydrogen (secondary N) is 2. The lowest BCUT2D eigenvalue weighted by atomic mass is 9.88. The van der Waals surface area contributed by atoms with Crippen LogP contribution in [0.1, 0.15) is 18.9 Å². The molecule has 0 spiro atoms. The fourth-order valence-corrected chi connectivity index (χ4v) is 3.61. The van der Waals surface area contributed by atoms with Gasteiger partial charge in [-0.25, -0.2) is 13.1 Å². The van der Waals surface area contributed by atoms with E-state index >= 15 is 0 Å². The summed E-state index contributed by atoms with van der Waals surface area (Å²) in [7, 11) is -3.38. The molecule has 0 aromatic heterocycles. The molecule has 0 radical (unpaired) electrons. The Labute approximate surface area is 115 Å². The lowest BCUT2D eigenvalue weighted by Gasteiger charge is -2.29. The average Bonchev–Trinajstić information content (AvgIpc) is 2.38. The predicted octanol–water partition coefficient (Wildman–Crippen LogP) is 1.52. The molecule has 1 aromatic carbocycles. The summed E-state index contributed by atoms with van der Waals surface area (Å²) in [6, 6.07) is 7.00. The van der Waals surface area contributed by atoms with E-state index in [0.29, 0.717) is 23.3 Å². The van der Waals surface area contributed by atoms with Crippen LogP contribution >= 0.6 is 0 Å². The molecule has 1 aliphatic heterocycles. The minimum Gasteiger partial charge on any atom is -0.316 e. The van der Waals surface area contributed by atoms with Gasteiger partial charge < -0.3 is 5.32 Å². The van der Waals surface area contributed by atoms with Gasteiger partial charge in [-0.05, 0) is 56.0 Å².